The van der Waals surface area contributed by atoms with Gasteiger partial charge in [-0.25, -0.2) is 0 Å². The molecule has 2 rings (SSSR count). The molecule has 0 aromatic heterocycles. The quantitative estimate of drug-likeness (QED) is 0.215. The molecule has 5 heteroatoms. The van der Waals surface area contributed by atoms with Crippen molar-refractivity contribution in [1.29, 1.82) is 0 Å². The van der Waals surface area contributed by atoms with Gasteiger partial charge < -0.3 is 15.1 Å². The van der Waals surface area contributed by atoms with Crippen LogP contribution < -0.4 is 0 Å². The number of hydrogen-bond donors (Lipinski definition) is 2. The summed E-state index contributed by atoms with van der Waals surface area (Å²) in [7, 11) is 0. The minimum absolute atomic E-state index is 0.0893. The molecular weight excluding hydrogens is 531 g/mol. The van der Waals surface area contributed by atoms with Crippen LogP contribution in [-0.2, 0) is 23.7 Å². The van der Waals surface area contributed by atoms with E-state index in [1.54, 1.807) is 0 Å². The summed E-state index contributed by atoms with van der Waals surface area (Å²) < 4.78 is 0. The van der Waals surface area contributed by atoms with E-state index in [1.165, 1.54) is 9.79 Å². The predicted molar refractivity (Wildman–Crippen MR) is 179 cm³/mol. The van der Waals surface area contributed by atoms with Gasteiger partial charge in [0.1, 0.15) is 11.5 Å². The van der Waals surface area contributed by atoms with Crippen molar-refractivity contribution in [3.63, 3.8) is 0 Å². The van der Waals surface area contributed by atoms with Crippen LogP contribution in [0.1, 0.15) is 105 Å². The molecule has 2 N–H and O–H groups in total. The van der Waals surface area contributed by atoms with Crippen LogP contribution in [0.4, 0.5) is 0 Å². The minimum atomic E-state index is -0.0893. The Labute approximate surface area is 254 Å². The number of aromatic hydroxyl groups is 2. The average molecular weight is 588 g/mol. The molecule has 3 nitrogen and oxygen atoms in total. The molecule has 0 saturated carbocycles. The van der Waals surface area contributed by atoms with Gasteiger partial charge in [0.25, 0.3) is 0 Å². The highest BCUT2D eigenvalue weighted by molar-refractivity contribution is 7.99. The van der Waals surface area contributed by atoms with Crippen LogP contribution in [0.5, 0.6) is 11.5 Å². The number of phenols is 2. The molecule has 40 heavy (non-hydrogen) atoms. The Balaban J connectivity index is 2.08. The van der Waals surface area contributed by atoms with Gasteiger partial charge in [-0.15, -0.1) is 23.5 Å². The Morgan fingerprint density at radius 1 is 0.650 bits per heavy atom. The molecular formula is C35H57NO2S2. The van der Waals surface area contributed by atoms with Crippen LogP contribution in [-0.4, -0.2) is 46.3 Å². The molecule has 0 amide bonds. The Hall–Kier alpha value is -1.30. The number of nitrogens with zero attached hydrogens (tertiary/aromatic N) is 1. The van der Waals surface area contributed by atoms with E-state index in [9.17, 15) is 10.2 Å². The van der Waals surface area contributed by atoms with Crippen molar-refractivity contribution < 1.29 is 10.2 Å². The van der Waals surface area contributed by atoms with E-state index in [-0.39, 0.29) is 10.8 Å². The van der Waals surface area contributed by atoms with E-state index in [1.807, 2.05) is 23.5 Å². The highest BCUT2D eigenvalue weighted by atomic mass is 32.2. The van der Waals surface area contributed by atoms with E-state index in [0.29, 0.717) is 23.3 Å². The Morgan fingerprint density at radius 3 is 1.32 bits per heavy atom. The van der Waals surface area contributed by atoms with Crippen LogP contribution in [0.15, 0.2) is 34.1 Å². The van der Waals surface area contributed by atoms with Gasteiger partial charge >= 0.3 is 0 Å². The van der Waals surface area contributed by atoms with Gasteiger partial charge in [0.05, 0.1) is 0 Å². The van der Waals surface area contributed by atoms with Crippen molar-refractivity contribution >= 4 is 23.5 Å². The van der Waals surface area contributed by atoms with Gasteiger partial charge in [-0.1, -0.05) is 76.2 Å². The lowest BCUT2D eigenvalue weighted by Crippen LogP contribution is -2.29. The molecule has 0 aliphatic rings. The molecule has 0 radical (unpaired) electrons. The standard InChI is InChI=1S/C35H57NO2S2/c1-12-13-36(14-16-39-28-20-26(18-24(2)3)32(37)30(22-28)34(6,7)8)15-17-40-29-21-27(19-25(4)5)33(38)31(23-29)35(9,10)11/h20-25,37-38H,12-19H2,1-11H3. The Bertz CT molecular complexity index is 997. The lowest BCUT2D eigenvalue weighted by molar-refractivity contribution is 0.309. The molecule has 2 aromatic rings. The zero-order valence-electron chi connectivity index (χ0n) is 27.3. The van der Waals surface area contributed by atoms with Crippen LogP contribution in [0.2, 0.25) is 0 Å². The molecule has 0 bridgehead atoms. The molecule has 0 atom stereocenters. The number of thioether (sulfide) groups is 2. The van der Waals surface area contributed by atoms with Gasteiger partial charge in [0.2, 0.25) is 0 Å². The maximum absolute atomic E-state index is 11.0. The topological polar surface area (TPSA) is 43.7 Å². The average Bonchev–Trinajstić information content (AvgIpc) is 2.80. The first-order valence-electron chi connectivity index (χ1n) is 15.2. The summed E-state index contributed by atoms with van der Waals surface area (Å²) in [5.41, 5.74) is 4.08. The van der Waals surface area contributed by atoms with Crippen molar-refractivity contribution in [3.8, 4) is 11.5 Å². The summed E-state index contributed by atoms with van der Waals surface area (Å²) in [6.45, 7) is 27.4. The highest BCUT2D eigenvalue weighted by Gasteiger charge is 2.23. The van der Waals surface area contributed by atoms with E-state index < -0.39 is 0 Å². The monoisotopic (exact) mass is 587 g/mol. The molecule has 0 aliphatic carbocycles. The third-order valence-corrected chi connectivity index (χ3v) is 9.00. The summed E-state index contributed by atoms with van der Waals surface area (Å²) in [6, 6.07) is 8.83. The zero-order chi connectivity index (χ0) is 30.3. The summed E-state index contributed by atoms with van der Waals surface area (Å²) in [4.78, 5) is 5.11. The molecule has 0 aliphatic heterocycles. The van der Waals surface area contributed by atoms with Crippen LogP contribution in [0, 0.1) is 11.8 Å². The van der Waals surface area contributed by atoms with E-state index in [4.69, 9.17) is 0 Å². The number of phenolic OH excluding ortho intramolecular Hbond substituents is 2. The molecule has 0 saturated heterocycles. The van der Waals surface area contributed by atoms with Crippen LogP contribution in [0.3, 0.4) is 0 Å². The lowest BCUT2D eigenvalue weighted by Gasteiger charge is -2.25. The highest BCUT2D eigenvalue weighted by Crippen LogP contribution is 2.39. The third-order valence-electron chi connectivity index (χ3n) is 7.09. The second kappa shape index (κ2) is 15.3. The molecule has 0 unspecified atom stereocenters. The van der Waals surface area contributed by atoms with Crippen molar-refractivity contribution in [2.75, 3.05) is 31.1 Å². The maximum atomic E-state index is 11.0. The fourth-order valence-electron chi connectivity index (χ4n) is 5.07. The van der Waals surface area contributed by atoms with E-state index in [0.717, 1.165) is 72.7 Å². The fourth-order valence-corrected chi connectivity index (χ4v) is 7.09. The van der Waals surface area contributed by atoms with Crippen molar-refractivity contribution in [3.05, 3.63) is 46.5 Å². The fraction of sp³-hybridized carbons (Fsp3) is 0.657. The second-order valence-corrected chi connectivity index (χ2v) is 16.5. The lowest BCUT2D eigenvalue weighted by atomic mass is 9.84. The molecule has 226 valence electrons. The SMILES string of the molecule is CCCN(CCSc1cc(CC(C)C)c(O)c(C(C)(C)C)c1)CCSc1cc(CC(C)C)c(O)c(C(C)(C)C)c1. The Kier molecular flexibility index (Phi) is 13.3. The molecule has 0 spiro atoms. The van der Waals surface area contributed by atoms with Crippen molar-refractivity contribution in [1.82, 2.24) is 4.90 Å². The summed E-state index contributed by atoms with van der Waals surface area (Å²) in [5.74, 6) is 4.04. The van der Waals surface area contributed by atoms with Gasteiger partial charge in [-0.2, -0.15) is 0 Å². The number of hydrogen-bond acceptors (Lipinski definition) is 5. The minimum Gasteiger partial charge on any atom is -0.507 e. The number of rotatable bonds is 14. The zero-order valence-corrected chi connectivity index (χ0v) is 28.9. The first kappa shape index (κ1) is 34.9. The van der Waals surface area contributed by atoms with Gasteiger partial charge in [-0.05, 0) is 83.9 Å². The summed E-state index contributed by atoms with van der Waals surface area (Å²) >= 11 is 3.82. The summed E-state index contributed by atoms with van der Waals surface area (Å²) in [6.07, 6.45) is 2.94. The Morgan fingerprint density at radius 2 is 1.02 bits per heavy atom. The number of benzene rings is 2. The van der Waals surface area contributed by atoms with Gasteiger partial charge in [0.15, 0.2) is 0 Å². The second-order valence-electron chi connectivity index (χ2n) is 14.2. The molecule has 0 fully saturated rings. The van der Waals surface area contributed by atoms with Gasteiger partial charge in [-0.3, -0.25) is 0 Å². The summed E-state index contributed by atoms with van der Waals surface area (Å²) in [5, 5.41) is 22.0. The first-order chi connectivity index (χ1) is 18.5. The maximum Gasteiger partial charge on any atom is 0.122 e. The largest absolute Gasteiger partial charge is 0.507 e. The van der Waals surface area contributed by atoms with Crippen molar-refractivity contribution in [2.45, 2.75) is 116 Å². The van der Waals surface area contributed by atoms with Crippen LogP contribution >= 0.6 is 23.5 Å². The third kappa shape index (κ3) is 10.8. The van der Waals surface area contributed by atoms with Crippen molar-refractivity contribution in [2.24, 2.45) is 11.8 Å². The van der Waals surface area contributed by atoms with E-state index in [2.05, 4.69) is 105 Å². The van der Waals surface area contributed by atoms with E-state index >= 15 is 0 Å². The van der Waals surface area contributed by atoms with Gasteiger partial charge in [0, 0.05) is 45.5 Å². The normalized spacial score (nSPS) is 12.8. The predicted octanol–water partition coefficient (Wildman–Crippen LogP) is 9.69. The first-order valence-corrected chi connectivity index (χ1v) is 17.2. The molecule has 0 heterocycles. The van der Waals surface area contributed by atoms with Crippen LogP contribution in [0.25, 0.3) is 0 Å². The molecule has 2 aromatic carbocycles. The smallest absolute Gasteiger partial charge is 0.122 e.